The van der Waals surface area contributed by atoms with Gasteiger partial charge in [-0.05, 0) is 30.9 Å². The molecule has 2 aromatic rings. The minimum Gasteiger partial charge on any atom is -0.394 e. The average molecular weight is 368 g/mol. The normalized spacial score (nSPS) is 22.6. The number of aliphatic hydroxyl groups is 1. The minimum absolute atomic E-state index is 0.110. The molecule has 0 unspecified atom stereocenters. The molecule has 6 nitrogen and oxygen atoms in total. The van der Waals surface area contributed by atoms with E-state index in [1.54, 1.807) is 4.90 Å². The minimum atomic E-state index is -0.475. The van der Waals surface area contributed by atoms with E-state index in [9.17, 15) is 14.7 Å². The van der Waals surface area contributed by atoms with Gasteiger partial charge in [0.2, 0.25) is 0 Å². The van der Waals surface area contributed by atoms with Gasteiger partial charge in [0.05, 0.1) is 19.3 Å². The number of hydrogen-bond acceptors (Lipinski definition) is 4. The van der Waals surface area contributed by atoms with E-state index in [1.165, 1.54) is 0 Å². The van der Waals surface area contributed by atoms with Crippen LogP contribution in [-0.2, 0) is 11.2 Å². The zero-order valence-electron chi connectivity index (χ0n) is 15.4. The molecule has 2 heterocycles. The second kappa shape index (κ2) is 7.29. The number of aryl methyl sites for hydroxylation is 1. The predicted molar refractivity (Wildman–Crippen MR) is 99.8 cm³/mol. The number of Topliss-reactive ketones (excluding diaryl/α,β-unsaturated/α-hetero) is 1. The van der Waals surface area contributed by atoms with Crippen LogP contribution in [0.1, 0.15) is 56.6 Å². The van der Waals surface area contributed by atoms with Crippen LogP contribution >= 0.6 is 0 Å². The molecular formula is C21H24N2O4. The highest BCUT2D eigenvalue weighted by Gasteiger charge is 2.38. The smallest absolute Gasteiger partial charge is 0.271 e. The number of carbonyl (C=O) groups is 2. The first-order chi connectivity index (χ1) is 13.1. The number of hydrogen-bond donors (Lipinski definition) is 2. The van der Waals surface area contributed by atoms with Gasteiger partial charge in [-0.3, -0.25) is 9.59 Å². The third-order valence-electron chi connectivity index (χ3n) is 5.58. The second-order valence-corrected chi connectivity index (χ2v) is 7.20. The maximum absolute atomic E-state index is 13.4. The predicted octanol–water partition coefficient (Wildman–Crippen LogP) is 2.42. The Kier molecular flexibility index (Phi) is 4.85. The molecule has 1 amide bonds. The lowest BCUT2D eigenvalue weighted by atomic mass is 9.93. The van der Waals surface area contributed by atoms with E-state index in [-0.39, 0.29) is 24.3 Å². The van der Waals surface area contributed by atoms with Crippen molar-refractivity contribution in [2.75, 3.05) is 19.8 Å². The second-order valence-electron chi connectivity index (χ2n) is 7.20. The van der Waals surface area contributed by atoms with Gasteiger partial charge in [0, 0.05) is 24.2 Å². The van der Waals surface area contributed by atoms with E-state index in [1.807, 2.05) is 37.3 Å². The Hall–Kier alpha value is -2.44. The number of aliphatic hydroxyl groups excluding tert-OH is 1. The first-order valence-corrected chi connectivity index (χ1v) is 9.44. The summed E-state index contributed by atoms with van der Waals surface area (Å²) >= 11 is 0. The lowest BCUT2D eigenvalue weighted by Crippen LogP contribution is -2.49. The van der Waals surface area contributed by atoms with E-state index in [0.29, 0.717) is 30.8 Å². The van der Waals surface area contributed by atoms with E-state index < -0.39 is 6.10 Å². The van der Waals surface area contributed by atoms with Gasteiger partial charge in [-0.15, -0.1) is 0 Å². The van der Waals surface area contributed by atoms with Crippen LogP contribution in [0.3, 0.4) is 0 Å². The molecule has 1 aromatic carbocycles. The Balaban J connectivity index is 1.72. The fourth-order valence-electron chi connectivity index (χ4n) is 4.29. The lowest BCUT2D eigenvalue weighted by molar-refractivity contribution is -0.0812. The zero-order valence-corrected chi connectivity index (χ0v) is 15.4. The van der Waals surface area contributed by atoms with Crippen LogP contribution < -0.4 is 0 Å². The van der Waals surface area contributed by atoms with Gasteiger partial charge in [0.25, 0.3) is 5.91 Å². The molecule has 0 spiro atoms. The molecule has 6 heteroatoms. The van der Waals surface area contributed by atoms with Gasteiger partial charge in [0.1, 0.15) is 11.8 Å². The molecule has 0 bridgehead atoms. The third kappa shape index (κ3) is 3.09. The maximum atomic E-state index is 13.4. The third-order valence-corrected chi connectivity index (χ3v) is 5.58. The van der Waals surface area contributed by atoms with Crippen molar-refractivity contribution < 1.29 is 19.4 Å². The van der Waals surface area contributed by atoms with E-state index in [4.69, 9.17) is 4.74 Å². The largest absolute Gasteiger partial charge is 0.394 e. The standard InChI is InChI=1S/C21H24N2O4/c1-13-18-15(8-5-9-16(18)25)22-19(13)21(26)23-10-11-27-17(12-24)20(23)14-6-3-2-4-7-14/h2-4,6-7,17,20,22,24H,5,8-12H2,1H3/t17-,20-/m0/s1. The number of nitrogens with zero attached hydrogens (tertiary/aromatic N) is 1. The van der Waals surface area contributed by atoms with Gasteiger partial charge in [-0.1, -0.05) is 30.3 Å². The van der Waals surface area contributed by atoms with Crippen molar-refractivity contribution in [3.05, 3.63) is 58.4 Å². The summed E-state index contributed by atoms with van der Waals surface area (Å²) in [6.45, 7) is 2.49. The molecule has 0 radical (unpaired) electrons. The summed E-state index contributed by atoms with van der Waals surface area (Å²) in [5.74, 6) is -0.0378. The van der Waals surface area contributed by atoms with Gasteiger partial charge >= 0.3 is 0 Å². The van der Waals surface area contributed by atoms with E-state index >= 15 is 0 Å². The number of ketones is 1. The van der Waals surface area contributed by atoms with Crippen molar-refractivity contribution >= 4 is 11.7 Å². The summed E-state index contributed by atoms with van der Waals surface area (Å²) in [6, 6.07) is 9.27. The summed E-state index contributed by atoms with van der Waals surface area (Å²) < 4.78 is 5.73. The molecular weight excluding hydrogens is 344 g/mol. The zero-order chi connectivity index (χ0) is 19.0. The molecule has 2 N–H and O–H groups in total. The number of aromatic nitrogens is 1. The van der Waals surface area contributed by atoms with E-state index in [2.05, 4.69) is 4.98 Å². The summed E-state index contributed by atoms with van der Waals surface area (Å²) in [7, 11) is 0. The summed E-state index contributed by atoms with van der Waals surface area (Å²) in [5, 5.41) is 9.80. The highest BCUT2D eigenvalue weighted by molar-refractivity contribution is 6.04. The molecule has 2 aliphatic rings. The summed E-state index contributed by atoms with van der Waals surface area (Å²) in [5.41, 5.74) is 3.70. The van der Waals surface area contributed by atoms with Crippen molar-refractivity contribution in [2.45, 2.75) is 38.3 Å². The van der Waals surface area contributed by atoms with Crippen LogP contribution in [0.5, 0.6) is 0 Å². The highest BCUT2D eigenvalue weighted by Crippen LogP contribution is 2.33. The van der Waals surface area contributed by atoms with Crippen molar-refractivity contribution in [3.8, 4) is 0 Å². The molecule has 142 valence electrons. The van der Waals surface area contributed by atoms with Crippen LogP contribution in [0.2, 0.25) is 0 Å². The Morgan fingerprint density at radius 2 is 2.07 bits per heavy atom. The van der Waals surface area contributed by atoms with Gasteiger partial charge < -0.3 is 19.7 Å². The Morgan fingerprint density at radius 3 is 2.78 bits per heavy atom. The number of carbonyl (C=O) groups excluding carboxylic acids is 2. The van der Waals surface area contributed by atoms with Crippen LogP contribution in [-0.4, -0.2) is 52.5 Å². The van der Waals surface area contributed by atoms with Gasteiger partial charge in [-0.25, -0.2) is 0 Å². The van der Waals surface area contributed by atoms with Crippen molar-refractivity contribution in [1.29, 1.82) is 0 Å². The number of morpholine rings is 1. The Morgan fingerprint density at radius 1 is 1.30 bits per heavy atom. The van der Waals surface area contributed by atoms with Crippen molar-refractivity contribution in [1.82, 2.24) is 9.88 Å². The Bertz CT molecular complexity index is 859. The molecule has 1 aliphatic heterocycles. The number of rotatable bonds is 3. The first-order valence-electron chi connectivity index (χ1n) is 9.44. The van der Waals surface area contributed by atoms with Crippen LogP contribution in [0.25, 0.3) is 0 Å². The molecule has 27 heavy (non-hydrogen) atoms. The fraction of sp³-hybridized carbons (Fsp3) is 0.429. The lowest BCUT2D eigenvalue weighted by Gasteiger charge is -2.40. The molecule has 1 fully saturated rings. The Labute approximate surface area is 158 Å². The number of aromatic amines is 1. The average Bonchev–Trinajstić information content (AvgIpc) is 3.05. The molecule has 1 aliphatic carbocycles. The van der Waals surface area contributed by atoms with Crippen LogP contribution in [0.15, 0.2) is 30.3 Å². The van der Waals surface area contributed by atoms with E-state index in [0.717, 1.165) is 29.7 Å². The quantitative estimate of drug-likeness (QED) is 0.872. The summed E-state index contributed by atoms with van der Waals surface area (Å²) in [4.78, 5) is 30.7. The summed E-state index contributed by atoms with van der Waals surface area (Å²) in [6.07, 6.45) is 1.67. The molecule has 4 rings (SSSR count). The maximum Gasteiger partial charge on any atom is 0.271 e. The van der Waals surface area contributed by atoms with Crippen molar-refractivity contribution in [3.63, 3.8) is 0 Å². The fourth-order valence-corrected chi connectivity index (χ4v) is 4.29. The van der Waals surface area contributed by atoms with Crippen LogP contribution in [0.4, 0.5) is 0 Å². The monoisotopic (exact) mass is 368 g/mol. The number of benzene rings is 1. The molecule has 1 aromatic heterocycles. The molecule has 0 saturated carbocycles. The number of amides is 1. The van der Waals surface area contributed by atoms with Crippen molar-refractivity contribution in [2.24, 2.45) is 0 Å². The molecule has 1 saturated heterocycles. The van der Waals surface area contributed by atoms with Crippen LogP contribution in [0, 0.1) is 6.92 Å². The van der Waals surface area contributed by atoms with Gasteiger partial charge in [0.15, 0.2) is 5.78 Å². The van der Waals surface area contributed by atoms with Gasteiger partial charge in [-0.2, -0.15) is 0 Å². The highest BCUT2D eigenvalue weighted by atomic mass is 16.5. The number of fused-ring (bicyclic) bond motifs is 1. The number of ether oxygens (including phenoxy) is 1. The SMILES string of the molecule is Cc1c(C(=O)N2CCO[C@@H](CO)[C@@H]2c2ccccc2)[nH]c2c1C(=O)CCC2. The topological polar surface area (TPSA) is 82.6 Å². The number of H-pyrrole nitrogens is 1. The number of nitrogens with one attached hydrogen (secondary N) is 1. The first kappa shape index (κ1) is 17.9. The molecule has 2 atom stereocenters.